The number of para-hydroxylation sites is 1. The van der Waals surface area contributed by atoms with Crippen molar-refractivity contribution in [1.82, 2.24) is 4.90 Å². The van der Waals surface area contributed by atoms with Crippen LogP contribution in [0.3, 0.4) is 0 Å². The van der Waals surface area contributed by atoms with Crippen molar-refractivity contribution in [2.75, 3.05) is 30.4 Å². The third-order valence-corrected chi connectivity index (χ3v) is 4.94. The highest BCUT2D eigenvalue weighted by Crippen LogP contribution is 2.28. The summed E-state index contributed by atoms with van der Waals surface area (Å²) in [5, 5.41) is 3.43. The van der Waals surface area contributed by atoms with Crippen LogP contribution in [0, 0.1) is 0 Å². The molecule has 1 atom stereocenters. The van der Waals surface area contributed by atoms with Gasteiger partial charge in [0, 0.05) is 22.9 Å². The molecule has 0 bridgehead atoms. The third kappa shape index (κ3) is 4.06. The van der Waals surface area contributed by atoms with Crippen LogP contribution in [0.4, 0.5) is 11.4 Å². The Morgan fingerprint density at radius 1 is 1.19 bits per heavy atom. The number of nitrogens with one attached hydrogen (secondary N) is 1. The van der Waals surface area contributed by atoms with Crippen molar-refractivity contribution in [2.24, 2.45) is 0 Å². The average Bonchev–Trinajstić information content (AvgIpc) is 3.06. The molecule has 0 aliphatic carbocycles. The molecular formula is C20H22ClN3O2. The standard InChI is InChI=1S/C20H22ClN3O2/c1-14(20(26)24-12-11-15-5-3-4-6-18(15)24)23(2)13-19(25)22-17-9-7-16(21)8-10-17/h3-10,14H,11-13H2,1-2H3,(H,22,25)/t14-/m1/s1. The Hall–Kier alpha value is -2.37. The van der Waals surface area contributed by atoms with Gasteiger partial charge in [0.25, 0.3) is 0 Å². The number of carbonyl (C=O) groups is 2. The molecule has 0 radical (unpaired) electrons. The summed E-state index contributed by atoms with van der Waals surface area (Å²) in [6.07, 6.45) is 0.870. The molecule has 0 aromatic heterocycles. The molecule has 2 aromatic rings. The zero-order chi connectivity index (χ0) is 18.7. The summed E-state index contributed by atoms with van der Waals surface area (Å²) in [6.45, 7) is 2.65. The van der Waals surface area contributed by atoms with Crippen LogP contribution in [-0.4, -0.2) is 42.9 Å². The minimum absolute atomic E-state index is 0.0109. The molecule has 26 heavy (non-hydrogen) atoms. The Balaban J connectivity index is 1.59. The van der Waals surface area contributed by atoms with Gasteiger partial charge < -0.3 is 10.2 Å². The van der Waals surface area contributed by atoms with Crippen LogP contribution in [0.15, 0.2) is 48.5 Å². The van der Waals surface area contributed by atoms with E-state index in [9.17, 15) is 9.59 Å². The zero-order valence-electron chi connectivity index (χ0n) is 14.9. The fraction of sp³-hybridized carbons (Fsp3) is 0.300. The van der Waals surface area contributed by atoms with Gasteiger partial charge in [-0.2, -0.15) is 0 Å². The summed E-state index contributed by atoms with van der Waals surface area (Å²) in [5.41, 5.74) is 2.85. The fourth-order valence-corrected chi connectivity index (χ4v) is 3.20. The first-order valence-corrected chi connectivity index (χ1v) is 8.98. The fourth-order valence-electron chi connectivity index (χ4n) is 3.08. The highest BCUT2D eigenvalue weighted by Gasteiger charge is 2.30. The predicted molar refractivity (Wildman–Crippen MR) is 105 cm³/mol. The lowest BCUT2D eigenvalue weighted by molar-refractivity contribution is -0.124. The number of benzene rings is 2. The van der Waals surface area contributed by atoms with E-state index in [1.54, 1.807) is 36.2 Å². The zero-order valence-corrected chi connectivity index (χ0v) is 15.7. The second kappa shape index (κ2) is 7.89. The first kappa shape index (κ1) is 18.4. The molecule has 1 aliphatic heterocycles. The van der Waals surface area contributed by atoms with Gasteiger partial charge in [-0.1, -0.05) is 29.8 Å². The van der Waals surface area contributed by atoms with Crippen molar-refractivity contribution in [3.05, 3.63) is 59.1 Å². The molecule has 0 fully saturated rings. The molecule has 0 saturated heterocycles. The summed E-state index contributed by atoms with van der Waals surface area (Å²) < 4.78 is 0. The van der Waals surface area contributed by atoms with Gasteiger partial charge in [-0.15, -0.1) is 0 Å². The number of amides is 2. The highest BCUT2D eigenvalue weighted by molar-refractivity contribution is 6.30. The number of nitrogens with zero attached hydrogens (tertiary/aromatic N) is 2. The summed E-state index contributed by atoms with van der Waals surface area (Å²) in [7, 11) is 1.78. The first-order chi connectivity index (χ1) is 12.5. The molecule has 0 unspecified atom stereocenters. The van der Waals surface area contributed by atoms with Crippen LogP contribution < -0.4 is 10.2 Å². The molecule has 1 N–H and O–H groups in total. The van der Waals surface area contributed by atoms with E-state index in [4.69, 9.17) is 11.6 Å². The molecular weight excluding hydrogens is 350 g/mol. The Bertz CT molecular complexity index is 807. The summed E-state index contributed by atoms with van der Waals surface area (Å²) in [4.78, 5) is 28.7. The first-order valence-electron chi connectivity index (χ1n) is 8.60. The second-order valence-corrected chi connectivity index (χ2v) is 6.95. The quantitative estimate of drug-likeness (QED) is 0.878. The third-order valence-electron chi connectivity index (χ3n) is 4.69. The Labute approximate surface area is 158 Å². The van der Waals surface area contributed by atoms with Gasteiger partial charge in [-0.05, 0) is 56.3 Å². The maximum Gasteiger partial charge on any atom is 0.244 e. The molecule has 1 heterocycles. The van der Waals surface area contributed by atoms with Crippen molar-refractivity contribution >= 4 is 34.8 Å². The molecule has 136 valence electrons. The van der Waals surface area contributed by atoms with Crippen LogP contribution in [0.1, 0.15) is 12.5 Å². The number of rotatable bonds is 5. The van der Waals surface area contributed by atoms with E-state index >= 15 is 0 Å². The Morgan fingerprint density at radius 3 is 2.62 bits per heavy atom. The summed E-state index contributed by atoms with van der Waals surface area (Å²) >= 11 is 5.84. The Morgan fingerprint density at radius 2 is 1.88 bits per heavy atom. The van der Waals surface area contributed by atoms with Crippen molar-refractivity contribution in [3.8, 4) is 0 Å². The lowest BCUT2D eigenvalue weighted by Crippen LogP contribution is -2.47. The molecule has 2 aromatic carbocycles. The van der Waals surface area contributed by atoms with Crippen LogP contribution in [-0.2, 0) is 16.0 Å². The number of hydrogen-bond donors (Lipinski definition) is 1. The van der Waals surface area contributed by atoms with E-state index in [0.717, 1.165) is 12.1 Å². The topological polar surface area (TPSA) is 52.7 Å². The smallest absolute Gasteiger partial charge is 0.244 e. The number of anilines is 2. The molecule has 3 rings (SSSR count). The molecule has 2 amide bonds. The SMILES string of the molecule is C[C@H](C(=O)N1CCc2ccccc21)N(C)CC(=O)Nc1ccc(Cl)cc1. The highest BCUT2D eigenvalue weighted by atomic mass is 35.5. The number of carbonyl (C=O) groups excluding carboxylic acids is 2. The van der Waals surface area contributed by atoms with Gasteiger partial charge in [0.1, 0.15) is 0 Å². The van der Waals surface area contributed by atoms with Crippen LogP contribution >= 0.6 is 11.6 Å². The summed E-state index contributed by atoms with van der Waals surface area (Å²) in [6, 6.07) is 14.5. The van der Waals surface area contributed by atoms with Gasteiger partial charge in [-0.3, -0.25) is 14.5 Å². The van der Waals surface area contributed by atoms with Crippen molar-refractivity contribution in [2.45, 2.75) is 19.4 Å². The van der Waals surface area contributed by atoms with Gasteiger partial charge in [-0.25, -0.2) is 0 Å². The minimum atomic E-state index is -0.392. The molecule has 0 saturated carbocycles. The van der Waals surface area contributed by atoms with E-state index in [1.807, 2.05) is 30.0 Å². The lowest BCUT2D eigenvalue weighted by Gasteiger charge is -2.28. The van der Waals surface area contributed by atoms with Crippen molar-refractivity contribution in [3.63, 3.8) is 0 Å². The maximum atomic E-state index is 12.9. The van der Waals surface area contributed by atoms with Gasteiger partial charge in [0.2, 0.25) is 11.8 Å². The minimum Gasteiger partial charge on any atom is -0.325 e. The van der Waals surface area contributed by atoms with Crippen LogP contribution in [0.25, 0.3) is 0 Å². The van der Waals surface area contributed by atoms with Crippen LogP contribution in [0.2, 0.25) is 5.02 Å². The number of hydrogen-bond acceptors (Lipinski definition) is 3. The van der Waals surface area contributed by atoms with E-state index in [-0.39, 0.29) is 18.4 Å². The second-order valence-electron chi connectivity index (χ2n) is 6.51. The molecule has 6 heteroatoms. The number of likely N-dealkylation sites (N-methyl/N-ethyl adjacent to an activating group) is 1. The van der Waals surface area contributed by atoms with E-state index in [1.165, 1.54) is 5.56 Å². The monoisotopic (exact) mass is 371 g/mol. The van der Waals surface area contributed by atoms with Crippen molar-refractivity contribution < 1.29 is 9.59 Å². The van der Waals surface area contributed by atoms with E-state index in [0.29, 0.717) is 17.3 Å². The molecule has 1 aliphatic rings. The average molecular weight is 372 g/mol. The van der Waals surface area contributed by atoms with E-state index in [2.05, 4.69) is 11.4 Å². The Kier molecular flexibility index (Phi) is 5.59. The van der Waals surface area contributed by atoms with Crippen LogP contribution in [0.5, 0.6) is 0 Å². The maximum absolute atomic E-state index is 12.9. The van der Waals surface area contributed by atoms with E-state index < -0.39 is 6.04 Å². The van der Waals surface area contributed by atoms with Gasteiger partial charge >= 0.3 is 0 Å². The van der Waals surface area contributed by atoms with Gasteiger partial charge in [0.05, 0.1) is 12.6 Å². The predicted octanol–water partition coefficient (Wildman–Crippen LogP) is 3.19. The van der Waals surface area contributed by atoms with Crippen molar-refractivity contribution in [1.29, 1.82) is 0 Å². The normalized spacial score (nSPS) is 14.2. The molecule has 0 spiro atoms. The molecule has 5 nitrogen and oxygen atoms in total. The number of fused-ring (bicyclic) bond motifs is 1. The largest absolute Gasteiger partial charge is 0.325 e. The lowest BCUT2D eigenvalue weighted by atomic mass is 10.2. The number of halogens is 1. The van der Waals surface area contributed by atoms with Gasteiger partial charge in [0.15, 0.2) is 0 Å². The summed E-state index contributed by atoms with van der Waals surface area (Å²) in [5.74, 6) is -0.159.